The lowest BCUT2D eigenvalue weighted by atomic mass is 9.92. The molecule has 0 radical (unpaired) electrons. The van der Waals surface area contributed by atoms with Crippen molar-refractivity contribution < 1.29 is 4.42 Å². The number of aromatic nitrogens is 1. The van der Waals surface area contributed by atoms with E-state index in [0.29, 0.717) is 5.56 Å². The minimum absolute atomic E-state index is 0.681. The zero-order chi connectivity index (χ0) is 28.5. The van der Waals surface area contributed by atoms with Crippen molar-refractivity contribution in [3.63, 3.8) is 0 Å². The second-order valence-electron chi connectivity index (χ2n) is 11.2. The highest BCUT2D eigenvalue weighted by atomic mass is 32.2. The number of rotatable bonds is 2. The normalized spacial score (nSPS) is 12.8. The molecule has 0 N–H and O–H groups in total. The summed E-state index contributed by atoms with van der Waals surface area (Å²) < 4.78 is 8.54. The highest BCUT2D eigenvalue weighted by Crippen LogP contribution is 2.41. The molecule has 6 aromatic carbocycles. The summed E-state index contributed by atoms with van der Waals surface area (Å²) in [6.07, 6.45) is 0. The molecule has 0 atom stereocenters. The number of hydrogen-bond acceptors (Lipinski definition) is 3. The van der Waals surface area contributed by atoms with Crippen LogP contribution in [0.5, 0.6) is 0 Å². The summed E-state index contributed by atoms with van der Waals surface area (Å²) in [6.45, 7) is 0. The monoisotopic (exact) mass is 568 g/mol. The molecule has 8 aromatic rings. The minimum Gasteiger partial charge on any atom is -0.456 e. The maximum Gasteiger partial charge on any atom is 0.136 e. The van der Waals surface area contributed by atoms with Crippen LogP contribution >= 0.6 is 11.8 Å². The maximum atomic E-state index is 9.54. The van der Waals surface area contributed by atoms with E-state index in [9.17, 15) is 5.26 Å². The van der Waals surface area contributed by atoms with E-state index < -0.39 is 0 Å². The third-order valence-electron chi connectivity index (χ3n) is 8.78. The zero-order valence-electron chi connectivity index (χ0n) is 23.2. The molecule has 0 saturated carbocycles. The molecule has 1 aliphatic heterocycles. The topological polar surface area (TPSA) is 41.9 Å². The van der Waals surface area contributed by atoms with Crippen molar-refractivity contribution in [1.82, 2.24) is 4.57 Å². The predicted molar refractivity (Wildman–Crippen MR) is 179 cm³/mol. The molecular formula is C39H24N2OS. The van der Waals surface area contributed by atoms with Gasteiger partial charge in [-0.05, 0) is 94.0 Å². The molecular weight excluding hydrogens is 545 g/mol. The van der Waals surface area contributed by atoms with Crippen LogP contribution in [0.25, 0.3) is 71.7 Å². The van der Waals surface area contributed by atoms with Crippen molar-refractivity contribution in [3.8, 4) is 34.0 Å². The van der Waals surface area contributed by atoms with Crippen LogP contribution < -0.4 is 0 Å². The fourth-order valence-electron chi connectivity index (χ4n) is 6.73. The van der Waals surface area contributed by atoms with E-state index in [-0.39, 0.29) is 0 Å². The fraction of sp³-hybridized carbons (Fsp3) is 0.0513. The Morgan fingerprint density at radius 3 is 2.28 bits per heavy atom. The van der Waals surface area contributed by atoms with Crippen LogP contribution in [0.15, 0.2) is 126 Å². The smallest absolute Gasteiger partial charge is 0.136 e. The van der Waals surface area contributed by atoms with Gasteiger partial charge < -0.3 is 8.98 Å². The maximum absolute atomic E-state index is 9.54. The van der Waals surface area contributed by atoms with E-state index in [0.717, 1.165) is 66.5 Å². The minimum atomic E-state index is 0.681. The molecule has 9 rings (SSSR count). The second-order valence-corrected chi connectivity index (χ2v) is 12.2. The Morgan fingerprint density at radius 2 is 1.35 bits per heavy atom. The van der Waals surface area contributed by atoms with Crippen LogP contribution in [0, 0.1) is 11.3 Å². The van der Waals surface area contributed by atoms with Gasteiger partial charge in [-0.1, -0.05) is 60.7 Å². The zero-order valence-corrected chi connectivity index (χ0v) is 24.0. The van der Waals surface area contributed by atoms with Gasteiger partial charge in [0.15, 0.2) is 0 Å². The molecule has 202 valence electrons. The lowest BCUT2D eigenvalue weighted by Crippen LogP contribution is -1.97. The summed E-state index contributed by atoms with van der Waals surface area (Å²) in [4.78, 5) is 0. The standard InChI is InChI=1S/C39H24N2OS/c40-21-24-9-16-37-35(17-24)31-5-1-3-7-36(31)41(37)29-13-15-30-28(18-29)23-43-22-27-11-10-25(19-34(27)30)26-12-14-33-32-6-2-4-8-38(32)42-39(33)20-26/h1-20H,22-23H2. The van der Waals surface area contributed by atoms with E-state index in [1.54, 1.807) is 0 Å². The third kappa shape index (κ3) is 3.75. The highest BCUT2D eigenvalue weighted by molar-refractivity contribution is 7.97. The first-order valence-electron chi connectivity index (χ1n) is 14.4. The molecule has 3 nitrogen and oxygen atoms in total. The number of benzene rings is 6. The van der Waals surface area contributed by atoms with Gasteiger partial charge in [0.1, 0.15) is 11.2 Å². The second kappa shape index (κ2) is 9.39. The lowest BCUT2D eigenvalue weighted by molar-refractivity contribution is 0.669. The van der Waals surface area contributed by atoms with Gasteiger partial charge in [0.25, 0.3) is 0 Å². The first-order chi connectivity index (χ1) is 21.2. The van der Waals surface area contributed by atoms with Crippen LogP contribution in [0.1, 0.15) is 16.7 Å². The van der Waals surface area contributed by atoms with Crippen molar-refractivity contribution in [2.45, 2.75) is 11.5 Å². The van der Waals surface area contributed by atoms with E-state index in [1.807, 2.05) is 36.0 Å². The molecule has 2 aromatic heterocycles. The van der Waals surface area contributed by atoms with Crippen molar-refractivity contribution in [1.29, 1.82) is 5.26 Å². The summed E-state index contributed by atoms with van der Waals surface area (Å²) in [7, 11) is 0. The molecule has 4 heteroatoms. The highest BCUT2D eigenvalue weighted by Gasteiger charge is 2.19. The van der Waals surface area contributed by atoms with Gasteiger partial charge >= 0.3 is 0 Å². The van der Waals surface area contributed by atoms with Gasteiger partial charge in [-0.25, -0.2) is 0 Å². The number of furan rings is 1. The molecule has 1 aliphatic rings. The number of nitriles is 1. The van der Waals surface area contributed by atoms with Crippen LogP contribution in [-0.2, 0) is 11.5 Å². The van der Waals surface area contributed by atoms with E-state index in [1.165, 1.54) is 27.8 Å². The van der Waals surface area contributed by atoms with Crippen LogP contribution in [-0.4, -0.2) is 4.57 Å². The molecule has 0 aliphatic carbocycles. The Hall–Kier alpha value is -5.24. The molecule has 0 spiro atoms. The summed E-state index contributed by atoms with van der Waals surface area (Å²) in [6, 6.07) is 45.4. The van der Waals surface area contributed by atoms with Gasteiger partial charge in [0.05, 0.1) is 22.7 Å². The first-order valence-corrected chi connectivity index (χ1v) is 15.6. The van der Waals surface area contributed by atoms with E-state index in [4.69, 9.17) is 4.42 Å². The number of fused-ring (bicyclic) bond motifs is 9. The number of hydrogen-bond donors (Lipinski definition) is 0. The largest absolute Gasteiger partial charge is 0.456 e. The Morgan fingerprint density at radius 1 is 0.581 bits per heavy atom. The quantitative estimate of drug-likeness (QED) is 0.208. The Labute approximate surface area is 252 Å². The Balaban J connectivity index is 1.18. The van der Waals surface area contributed by atoms with Crippen molar-refractivity contribution >= 4 is 55.5 Å². The Kier molecular flexibility index (Phi) is 5.32. The average Bonchev–Trinajstić information content (AvgIpc) is 3.53. The summed E-state index contributed by atoms with van der Waals surface area (Å²) in [5.74, 6) is 1.93. The number of para-hydroxylation sites is 2. The molecule has 0 amide bonds. The third-order valence-corrected chi connectivity index (χ3v) is 9.81. The molecule has 0 unspecified atom stereocenters. The molecule has 0 saturated heterocycles. The molecule has 3 heterocycles. The Bertz CT molecular complexity index is 2460. The fourth-order valence-corrected chi connectivity index (χ4v) is 7.76. The van der Waals surface area contributed by atoms with Crippen molar-refractivity contribution in [2.75, 3.05) is 0 Å². The predicted octanol–water partition coefficient (Wildman–Crippen LogP) is 10.6. The van der Waals surface area contributed by atoms with Crippen LogP contribution in [0.3, 0.4) is 0 Å². The summed E-state index contributed by atoms with van der Waals surface area (Å²) >= 11 is 1.96. The molecule has 43 heavy (non-hydrogen) atoms. The van der Waals surface area contributed by atoms with Gasteiger partial charge in [0.2, 0.25) is 0 Å². The van der Waals surface area contributed by atoms with Gasteiger partial charge in [0, 0.05) is 38.7 Å². The number of thioether (sulfide) groups is 1. The first kappa shape index (κ1) is 24.4. The van der Waals surface area contributed by atoms with Gasteiger partial charge in [-0.3, -0.25) is 0 Å². The van der Waals surface area contributed by atoms with E-state index in [2.05, 4.69) is 108 Å². The summed E-state index contributed by atoms with van der Waals surface area (Å²) in [5.41, 5.74) is 13.6. The number of nitrogens with zero attached hydrogens (tertiary/aromatic N) is 2. The van der Waals surface area contributed by atoms with E-state index >= 15 is 0 Å². The molecule has 0 fully saturated rings. The van der Waals surface area contributed by atoms with Crippen molar-refractivity contribution in [3.05, 3.63) is 138 Å². The van der Waals surface area contributed by atoms with Crippen LogP contribution in [0.4, 0.5) is 0 Å². The van der Waals surface area contributed by atoms with Gasteiger partial charge in [-0.15, -0.1) is 0 Å². The SMILES string of the molecule is N#Cc1ccc2c(c1)c1ccccc1n2-c1ccc2c(c1)CSCc1ccc(-c3ccc4c(c3)oc3ccccc34)cc1-2. The van der Waals surface area contributed by atoms with Crippen LogP contribution in [0.2, 0.25) is 0 Å². The van der Waals surface area contributed by atoms with Gasteiger partial charge in [-0.2, -0.15) is 17.0 Å². The lowest BCUT2D eigenvalue weighted by Gasteiger charge is -2.15. The van der Waals surface area contributed by atoms with Crippen molar-refractivity contribution in [2.24, 2.45) is 0 Å². The summed E-state index contributed by atoms with van der Waals surface area (Å²) in [5, 5.41) is 14.1. The molecule has 0 bridgehead atoms. The average molecular weight is 569 g/mol.